The summed E-state index contributed by atoms with van der Waals surface area (Å²) in [6.45, 7) is 2.76. The lowest BCUT2D eigenvalue weighted by atomic mass is 10.1. The van der Waals surface area contributed by atoms with Crippen LogP contribution in [-0.4, -0.2) is 26.2 Å². The van der Waals surface area contributed by atoms with Gasteiger partial charge in [-0.15, -0.1) is 0 Å². The van der Waals surface area contributed by atoms with Gasteiger partial charge in [-0.3, -0.25) is 0 Å². The van der Waals surface area contributed by atoms with Crippen molar-refractivity contribution in [3.8, 4) is 5.75 Å². The average Bonchev–Trinajstić information content (AvgIpc) is 2.67. The Morgan fingerprint density at radius 2 is 1.96 bits per heavy atom. The van der Waals surface area contributed by atoms with E-state index >= 15 is 0 Å². The maximum atomic E-state index is 6.14. The molecular formula is C20H25ClN4O. The number of para-hydroxylation sites is 1. The number of aliphatic imine (C=N–C) groups is 1. The number of halogens is 1. The Balaban J connectivity index is 1.68. The monoisotopic (exact) mass is 372 g/mol. The Morgan fingerprint density at radius 3 is 2.69 bits per heavy atom. The van der Waals surface area contributed by atoms with Crippen LogP contribution < -0.4 is 20.7 Å². The number of anilines is 2. The first kappa shape index (κ1) is 18.4. The van der Waals surface area contributed by atoms with Crippen LogP contribution in [0.15, 0.2) is 47.5 Å². The number of rotatable bonds is 5. The quantitative estimate of drug-likeness (QED) is 0.607. The third kappa shape index (κ3) is 4.61. The summed E-state index contributed by atoms with van der Waals surface area (Å²) in [7, 11) is 1.59. The number of methoxy groups -OCH3 is 1. The van der Waals surface area contributed by atoms with Crippen molar-refractivity contribution in [1.29, 1.82) is 0 Å². The minimum Gasteiger partial charge on any atom is -0.495 e. The molecule has 0 radical (unpaired) electrons. The molecule has 5 nitrogen and oxygen atoms in total. The van der Waals surface area contributed by atoms with Crippen molar-refractivity contribution >= 4 is 28.9 Å². The molecule has 1 saturated heterocycles. The van der Waals surface area contributed by atoms with E-state index in [1.807, 2.05) is 12.1 Å². The predicted octanol–water partition coefficient (Wildman–Crippen LogP) is 4.27. The van der Waals surface area contributed by atoms with Gasteiger partial charge in [-0.1, -0.05) is 29.8 Å². The predicted molar refractivity (Wildman–Crippen MR) is 109 cm³/mol. The summed E-state index contributed by atoms with van der Waals surface area (Å²) >= 11 is 6.14. The summed E-state index contributed by atoms with van der Waals surface area (Å²) < 4.78 is 5.16. The molecule has 1 heterocycles. The zero-order valence-electron chi connectivity index (χ0n) is 15.0. The Hall–Kier alpha value is -2.40. The standard InChI is InChI=1S/C20H25ClN4O/c1-26-19-10-9-16(13-17(19)21)24-20(22)23-14-15-7-3-4-8-18(15)25-11-5-2-6-12-25/h3-4,7-10,13H,2,5-6,11-12,14H2,1H3,(H3,22,23,24). The molecule has 1 fully saturated rings. The number of nitrogens with zero attached hydrogens (tertiary/aromatic N) is 2. The van der Waals surface area contributed by atoms with E-state index in [4.69, 9.17) is 22.1 Å². The lowest BCUT2D eigenvalue weighted by molar-refractivity contribution is 0.415. The molecule has 0 saturated carbocycles. The minimum absolute atomic E-state index is 0.361. The van der Waals surface area contributed by atoms with Gasteiger partial charge in [0.25, 0.3) is 0 Å². The van der Waals surface area contributed by atoms with Gasteiger partial charge >= 0.3 is 0 Å². The van der Waals surface area contributed by atoms with Crippen LogP contribution in [0.25, 0.3) is 0 Å². The molecule has 1 aliphatic rings. The average molecular weight is 373 g/mol. The smallest absolute Gasteiger partial charge is 0.193 e. The molecule has 2 aromatic carbocycles. The highest BCUT2D eigenvalue weighted by Gasteiger charge is 2.13. The minimum atomic E-state index is 0.361. The summed E-state index contributed by atoms with van der Waals surface area (Å²) in [5.41, 5.74) is 9.28. The molecule has 6 heteroatoms. The van der Waals surface area contributed by atoms with Crippen molar-refractivity contribution in [2.45, 2.75) is 25.8 Å². The van der Waals surface area contributed by atoms with Crippen molar-refractivity contribution in [3.05, 3.63) is 53.1 Å². The van der Waals surface area contributed by atoms with Crippen molar-refractivity contribution in [1.82, 2.24) is 0 Å². The molecule has 0 aliphatic carbocycles. The lowest BCUT2D eigenvalue weighted by Crippen LogP contribution is -2.30. The van der Waals surface area contributed by atoms with Gasteiger partial charge in [0, 0.05) is 24.5 Å². The van der Waals surface area contributed by atoms with Crippen LogP contribution in [0.2, 0.25) is 5.02 Å². The molecule has 1 aliphatic heterocycles. The Labute approximate surface area is 159 Å². The van der Waals surface area contributed by atoms with Gasteiger partial charge in [0.05, 0.1) is 18.7 Å². The number of hydrogen-bond donors (Lipinski definition) is 2. The summed E-state index contributed by atoms with van der Waals surface area (Å²) in [5, 5.41) is 3.61. The van der Waals surface area contributed by atoms with Crippen LogP contribution in [-0.2, 0) is 6.54 Å². The molecule has 26 heavy (non-hydrogen) atoms. The highest BCUT2D eigenvalue weighted by Crippen LogP contribution is 2.27. The van der Waals surface area contributed by atoms with Gasteiger partial charge < -0.3 is 20.7 Å². The number of hydrogen-bond acceptors (Lipinski definition) is 3. The highest BCUT2D eigenvalue weighted by atomic mass is 35.5. The lowest BCUT2D eigenvalue weighted by Gasteiger charge is -2.30. The van der Waals surface area contributed by atoms with Gasteiger partial charge in [0.15, 0.2) is 5.96 Å². The van der Waals surface area contributed by atoms with Gasteiger partial charge in [-0.2, -0.15) is 0 Å². The fourth-order valence-corrected chi connectivity index (χ4v) is 3.45. The Kier molecular flexibility index (Phi) is 6.23. The molecule has 2 aromatic rings. The van der Waals surface area contributed by atoms with Crippen molar-refractivity contribution in [3.63, 3.8) is 0 Å². The Morgan fingerprint density at radius 1 is 1.19 bits per heavy atom. The maximum absolute atomic E-state index is 6.14. The van der Waals surface area contributed by atoms with Crippen LogP contribution in [0.1, 0.15) is 24.8 Å². The molecular weight excluding hydrogens is 348 g/mol. The molecule has 0 aromatic heterocycles. The van der Waals surface area contributed by atoms with E-state index in [1.54, 1.807) is 19.2 Å². The summed E-state index contributed by atoms with van der Waals surface area (Å²) in [6, 6.07) is 13.8. The van der Waals surface area contributed by atoms with Gasteiger partial charge in [0.1, 0.15) is 5.75 Å². The van der Waals surface area contributed by atoms with Crippen LogP contribution in [0.4, 0.5) is 11.4 Å². The van der Waals surface area contributed by atoms with Gasteiger partial charge in [-0.25, -0.2) is 4.99 Å². The number of benzene rings is 2. The molecule has 0 unspecified atom stereocenters. The van der Waals surface area contributed by atoms with E-state index in [-0.39, 0.29) is 0 Å². The first-order valence-corrected chi connectivity index (χ1v) is 9.28. The van der Waals surface area contributed by atoms with E-state index < -0.39 is 0 Å². The number of nitrogens with two attached hydrogens (primary N) is 1. The fraction of sp³-hybridized carbons (Fsp3) is 0.350. The molecule has 0 bridgehead atoms. The zero-order valence-corrected chi connectivity index (χ0v) is 15.8. The molecule has 138 valence electrons. The first-order valence-electron chi connectivity index (χ1n) is 8.90. The number of guanidine groups is 1. The zero-order chi connectivity index (χ0) is 18.4. The summed E-state index contributed by atoms with van der Waals surface area (Å²) in [6.07, 6.45) is 3.82. The largest absolute Gasteiger partial charge is 0.495 e. The van der Waals surface area contributed by atoms with E-state index in [2.05, 4.69) is 33.4 Å². The van der Waals surface area contributed by atoms with Crippen molar-refractivity contribution in [2.75, 3.05) is 30.4 Å². The van der Waals surface area contributed by atoms with E-state index in [0.717, 1.165) is 18.8 Å². The van der Waals surface area contributed by atoms with Crippen molar-refractivity contribution in [2.24, 2.45) is 10.7 Å². The normalized spacial score (nSPS) is 15.0. The maximum Gasteiger partial charge on any atom is 0.193 e. The van der Waals surface area contributed by atoms with E-state index in [1.165, 1.54) is 30.5 Å². The first-order chi connectivity index (χ1) is 12.7. The second-order valence-electron chi connectivity index (χ2n) is 6.35. The molecule has 3 rings (SSSR count). The highest BCUT2D eigenvalue weighted by molar-refractivity contribution is 6.32. The second kappa shape index (κ2) is 8.81. The Bertz CT molecular complexity index is 772. The van der Waals surface area contributed by atoms with Gasteiger partial charge in [-0.05, 0) is 49.1 Å². The fourth-order valence-electron chi connectivity index (χ4n) is 3.19. The molecule has 3 N–H and O–H groups in total. The third-order valence-electron chi connectivity index (χ3n) is 4.53. The molecule has 0 spiro atoms. The van der Waals surface area contributed by atoms with Crippen LogP contribution in [0, 0.1) is 0 Å². The molecule has 0 atom stereocenters. The second-order valence-corrected chi connectivity index (χ2v) is 6.76. The SMILES string of the molecule is COc1ccc(NC(N)=NCc2ccccc2N2CCCCC2)cc1Cl. The number of piperidine rings is 1. The van der Waals surface area contributed by atoms with Crippen LogP contribution >= 0.6 is 11.6 Å². The van der Waals surface area contributed by atoms with E-state index in [9.17, 15) is 0 Å². The number of ether oxygens (including phenoxy) is 1. The number of nitrogens with one attached hydrogen (secondary N) is 1. The topological polar surface area (TPSA) is 62.9 Å². The van der Waals surface area contributed by atoms with Gasteiger partial charge in [0.2, 0.25) is 0 Å². The summed E-state index contributed by atoms with van der Waals surface area (Å²) in [5.74, 6) is 0.989. The van der Waals surface area contributed by atoms with Crippen LogP contribution in [0.3, 0.4) is 0 Å². The molecule has 0 amide bonds. The van der Waals surface area contributed by atoms with Crippen LogP contribution in [0.5, 0.6) is 5.75 Å². The summed E-state index contributed by atoms with van der Waals surface area (Å²) in [4.78, 5) is 6.95. The van der Waals surface area contributed by atoms with Crippen molar-refractivity contribution < 1.29 is 4.74 Å². The van der Waals surface area contributed by atoms with E-state index in [0.29, 0.717) is 23.3 Å². The third-order valence-corrected chi connectivity index (χ3v) is 4.83.